The fraction of sp³-hybridized carbons (Fsp3) is 0.353. The van der Waals surface area contributed by atoms with Gasteiger partial charge in [-0.25, -0.2) is 0 Å². The normalized spacial score (nSPS) is 11.6. The lowest BCUT2D eigenvalue weighted by Crippen LogP contribution is -2.28. The average Bonchev–Trinajstić information content (AvgIpc) is 3.05. The lowest BCUT2D eigenvalue weighted by molar-refractivity contribution is 0.0950. The van der Waals surface area contributed by atoms with Crippen LogP contribution in [0.5, 0.6) is 0 Å². The first kappa shape index (κ1) is 14.5. The Balaban J connectivity index is 1.82. The van der Waals surface area contributed by atoms with Crippen LogP contribution in [0, 0.1) is 5.92 Å². The summed E-state index contributed by atoms with van der Waals surface area (Å²) < 4.78 is 3.75. The van der Waals surface area contributed by atoms with E-state index in [-0.39, 0.29) is 5.91 Å². The Hall–Kier alpha value is -1.39. The van der Waals surface area contributed by atoms with E-state index in [1.54, 1.807) is 22.7 Å². The smallest absolute Gasteiger partial charge is 0.261 e. The van der Waals surface area contributed by atoms with Crippen molar-refractivity contribution in [1.29, 1.82) is 0 Å². The molecule has 21 heavy (non-hydrogen) atoms. The summed E-state index contributed by atoms with van der Waals surface area (Å²) in [6.07, 6.45) is 2.22. The summed E-state index contributed by atoms with van der Waals surface area (Å²) in [5, 5.41) is 4.34. The molecule has 1 amide bonds. The average molecular weight is 317 g/mol. The third kappa shape index (κ3) is 2.83. The van der Waals surface area contributed by atoms with E-state index in [2.05, 4.69) is 43.4 Å². The van der Waals surface area contributed by atoms with E-state index < -0.39 is 0 Å². The van der Waals surface area contributed by atoms with Crippen molar-refractivity contribution >= 4 is 48.1 Å². The first-order valence-corrected chi connectivity index (χ1v) is 9.05. The zero-order valence-electron chi connectivity index (χ0n) is 12.3. The molecule has 110 valence electrons. The molecule has 0 spiro atoms. The molecule has 0 aliphatic rings. The highest BCUT2D eigenvalue weighted by atomic mass is 32.1. The molecule has 2 aromatic heterocycles. The number of rotatable bonds is 5. The molecule has 2 nitrogen and oxygen atoms in total. The number of hydrogen-bond donors (Lipinski definition) is 1. The molecule has 0 saturated carbocycles. The summed E-state index contributed by atoms with van der Waals surface area (Å²) in [5.74, 6) is 0.648. The SMILES string of the molecule is CCC(CC)CNC(=O)c1cc2sc3ccccc3c2s1. The summed E-state index contributed by atoms with van der Waals surface area (Å²) in [6.45, 7) is 5.12. The summed E-state index contributed by atoms with van der Waals surface area (Å²) in [6, 6.07) is 10.4. The molecule has 0 unspecified atom stereocenters. The first-order chi connectivity index (χ1) is 10.2. The van der Waals surface area contributed by atoms with Crippen LogP contribution in [-0.4, -0.2) is 12.5 Å². The second kappa shape index (κ2) is 6.16. The van der Waals surface area contributed by atoms with Gasteiger partial charge >= 0.3 is 0 Å². The van der Waals surface area contributed by atoms with Gasteiger partial charge < -0.3 is 5.32 Å². The molecule has 1 aromatic carbocycles. The Morgan fingerprint density at radius 2 is 1.90 bits per heavy atom. The fourth-order valence-corrected chi connectivity index (χ4v) is 4.95. The number of thiophene rings is 2. The molecular formula is C17H19NOS2. The van der Waals surface area contributed by atoms with E-state index in [0.717, 1.165) is 24.3 Å². The van der Waals surface area contributed by atoms with Crippen LogP contribution in [0.3, 0.4) is 0 Å². The van der Waals surface area contributed by atoms with Gasteiger partial charge in [0.05, 0.1) is 9.58 Å². The van der Waals surface area contributed by atoms with Crippen molar-refractivity contribution in [2.75, 3.05) is 6.54 Å². The predicted octanol–water partition coefficient (Wildman–Crippen LogP) is 5.28. The number of fused-ring (bicyclic) bond motifs is 3. The van der Waals surface area contributed by atoms with Crippen molar-refractivity contribution in [3.63, 3.8) is 0 Å². The summed E-state index contributed by atoms with van der Waals surface area (Å²) in [5.41, 5.74) is 0. The van der Waals surface area contributed by atoms with Crippen molar-refractivity contribution < 1.29 is 4.79 Å². The maximum atomic E-state index is 12.3. The van der Waals surface area contributed by atoms with E-state index in [1.807, 2.05) is 6.07 Å². The van der Waals surface area contributed by atoms with Crippen LogP contribution in [0.25, 0.3) is 19.5 Å². The van der Waals surface area contributed by atoms with E-state index >= 15 is 0 Å². The van der Waals surface area contributed by atoms with E-state index in [0.29, 0.717) is 5.92 Å². The molecule has 4 heteroatoms. The predicted molar refractivity (Wildman–Crippen MR) is 93.6 cm³/mol. The number of nitrogens with one attached hydrogen (secondary N) is 1. The molecule has 1 N–H and O–H groups in total. The standard InChI is InChI=1S/C17H19NOS2/c1-3-11(4-2)10-18-17(19)15-9-14-16(21-15)12-7-5-6-8-13(12)20-14/h5-9,11H,3-4,10H2,1-2H3,(H,18,19). The highest BCUT2D eigenvalue weighted by molar-refractivity contribution is 7.33. The molecule has 3 rings (SSSR count). The molecule has 2 heterocycles. The van der Waals surface area contributed by atoms with Crippen LogP contribution in [0.15, 0.2) is 30.3 Å². The van der Waals surface area contributed by atoms with Gasteiger partial charge in [0, 0.05) is 21.3 Å². The highest BCUT2D eigenvalue weighted by Gasteiger charge is 2.14. The van der Waals surface area contributed by atoms with Crippen LogP contribution in [0.1, 0.15) is 36.4 Å². The number of carbonyl (C=O) groups is 1. The molecule has 0 radical (unpaired) electrons. The Bertz CT molecular complexity index is 767. The van der Waals surface area contributed by atoms with Gasteiger partial charge in [-0.05, 0) is 18.1 Å². The van der Waals surface area contributed by atoms with Gasteiger partial charge in [-0.2, -0.15) is 0 Å². The highest BCUT2D eigenvalue weighted by Crippen LogP contribution is 2.39. The van der Waals surface area contributed by atoms with Gasteiger partial charge in [0.15, 0.2) is 0 Å². The number of benzene rings is 1. The Morgan fingerprint density at radius 3 is 2.67 bits per heavy atom. The number of amides is 1. The van der Waals surface area contributed by atoms with Crippen molar-refractivity contribution in [1.82, 2.24) is 5.32 Å². The molecule has 0 atom stereocenters. The maximum Gasteiger partial charge on any atom is 0.261 e. The molecular weight excluding hydrogens is 298 g/mol. The third-order valence-corrected chi connectivity index (χ3v) is 6.39. The van der Waals surface area contributed by atoms with E-state index in [9.17, 15) is 4.79 Å². The molecule has 0 aliphatic heterocycles. The van der Waals surface area contributed by atoms with Gasteiger partial charge in [-0.15, -0.1) is 22.7 Å². The monoisotopic (exact) mass is 317 g/mol. The summed E-state index contributed by atoms with van der Waals surface area (Å²) in [7, 11) is 0. The van der Waals surface area contributed by atoms with Crippen molar-refractivity contribution in [2.24, 2.45) is 5.92 Å². The van der Waals surface area contributed by atoms with Gasteiger partial charge in [-0.3, -0.25) is 4.79 Å². The van der Waals surface area contributed by atoms with Gasteiger partial charge in [0.25, 0.3) is 5.91 Å². The van der Waals surface area contributed by atoms with Crippen LogP contribution in [0.2, 0.25) is 0 Å². The second-order valence-electron chi connectivity index (χ2n) is 5.29. The zero-order chi connectivity index (χ0) is 14.8. The van der Waals surface area contributed by atoms with Gasteiger partial charge in [-0.1, -0.05) is 44.9 Å². The lowest BCUT2D eigenvalue weighted by atomic mass is 10.0. The topological polar surface area (TPSA) is 29.1 Å². The quantitative estimate of drug-likeness (QED) is 0.681. The first-order valence-electron chi connectivity index (χ1n) is 7.42. The zero-order valence-corrected chi connectivity index (χ0v) is 13.9. The van der Waals surface area contributed by atoms with Crippen LogP contribution >= 0.6 is 22.7 Å². The van der Waals surface area contributed by atoms with Crippen molar-refractivity contribution in [2.45, 2.75) is 26.7 Å². The van der Waals surface area contributed by atoms with Crippen LogP contribution in [0.4, 0.5) is 0 Å². The third-order valence-electron chi connectivity index (χ3n) is 3.98. The van der Waals surface area contributed by atoms with Crippen LogP contribution < -0.4 is 5.32 Å². The minimum Gasteiger partial charge on any atom is -0.351 e. The van der Waals surface area contributed by atoms with Gasteiger partial charge in [0.1, 0.15) is 0 Å². The van der Waals surface area contributed by atoms with Crippen molar-refractivity contribution in [3.05, 3.63) is 35.2 Å². The molecule has 0 fully saturated rings. The second-order valence-corrected chi connectivity index (χ2v) is 7.43. The van der Waals surface area contributed by atoms with Crippen LogP contribution in [-0.2, 0) is 0 Å². The Kier molecular flexibility index (Phi) is 4.27. The molecule has 0 saturated heterocycles. The Labute approximate surface area is 132 Å². The number of carbonyl (C=O) groups excluding carboxylic acids is 1. The molecule has 0 bridgehead atoms. The largest absolute Gasteiger partial charge is 0.351 e. The molecule has 3 aromatic rings. The molecule has 0 aliphatic carbocycles. The summed E-state index contributed by atoms with van der Waals surface area (Å²) >= 11 is 3.37. The van der Waals surface area contributed by atoms with Crippen molar-refractivity contribution in [3.8, 4) is 0 Å². The Morgan fingerprint density at radius 1 is 1.14 bits per heavy atom. The maximum absolute atomic E-state index is 12.3. The van der Waals surface area contributed by atoms with E-state index in [1.165, 1.54) is 19.5 Å². The van der Waals surface area contributed by atoms with E-state index in [4.69, 9.17) is 0 Å². The number of hydrogen-bond acceptors (Lipinski definition) is 3. The fourth-order valence-electron chi connectivity index (χ4n) is 2.51. The van der Waals surface area contributed by atoms with Gasteiger partial charge in [0.2, 0.25) is 0 Å². The minimum atomic E-state index is 0.0689. The lowest BCUT2D eigenvalue weighted by Gasteiger charge is -2.12. The summed E-state index contributed by atoms with van der Waals surface area (Å²) in [4.78, 5) is 13.1. The minimum absolute atomic E-state index is 0.0689.